The first-order valence-electron chi connectivity index (χ1n) is 5.55. The maximum Gasteiger partial charge on any atom is 0.224 e. The molecule has 1 atom stereocenters. The van der Waals surface area contributed by atoms with E-state index in [2.05, 4.69) is 0 Å². The Morgan fingerprint density at radius 3 is 2.71 bits per heavy atom. The largest absolute Gasteiger partial charge is 0.383 e. The molecular weight excluding hydrogens is 266 g/mol. The summed E-state index contributed by atoms with van der Waals surface area (Å²) in [6.45, 7) is 0.830. The van der Waals surface area contributed by atoms with Gasteiger partial charge in [0.05, 0.1) is 18.1 Å². The summed E-state index contributed by atoms with van der Waals surface area (Å²) in [7, 11) is -1.43. The monoisotopic (exact) mass is 283 g/mol. The molecule has 17 heavy (non-hydrogen) atoms. The van der Waals surface area contributed by atoms with Gasteiger partial charge in [-0.05, 0) is 6.42 Å². The lowest BCUT2D eigenvalue weighted by atomic mass is 10.2. The smallest absolute Gasteiger partial charge is 0.224 e. The molecule has 0 N–H and O–H groups in total. The highest BCUT2D eigenvalue weighted by Gasteiger charge is 2.34. The molecule has 1 rings (SSSR count). The molecule has 0 saturated carbocycles. The van der Waals surface area contributed by atoms with Crippen LogP contribution in [0.15, 0.2) is 0 Å². The molecule has 7 heteroatoms. The van der Waals surface area contributed by atoms with E-state index in [1.165, 1.54) is 0 Å². The lowest BCUT2D eigenvalue weighted by molar-refractivity contribution is -0.133. The number of nitrogens with zero attached hydrogens (tertiary/aromatic N) is 1. The number of carbonyl (C=O) groups excluding carboxylic acids is 1. The maximum absolute atomic E-state index is 11.8. The van der Waals surface area contributed by atoms with Crippen LogP contribution in [0.2, 0.25) is 0 Å². The van der Waals surface area contributed by atoms with Gasteiger partial charge in [0.1, 0.15) is 0 Å². The third-order valence-electron chi connectivity index (χ3n) is 2.81. The highest BCUT2D eigenvalue weighted by molar-refractivity contribution is 7.91. The number of hydrogen-bond donors (Lipinski definition) is 0. The third-order valence-corrected chi connectivity index (χ3v) is 4.75. The van der Waals surface area contributed by atoms with Crippen molar-refractivity contribution in [3.05, 3.63) is 0 Å². The molecule has 1 unspecified atom stereocenters. The van der Waals surface area contributed by atoms with Crippen molar-refractivity contribution in [2.45, 2.75) is 18.9 Å². The summed E-state index contributed by atoms with van der Waals surface area (Å²) < 4.78 is 27.7. The van der Waals surface area contributed by atoms with Crippen LogP contribution >= 0.6 is 11.6 Å². The van der Waals surface area contributed by atoms with Gasteiger partial charge in [-0.2, -0.15) is 0 Å². The van der Waals surface area contributed by atoms with Crippen molar-refractivity contribution in [3.8, 4) is 0 Å². The Balaban J connectivity index is 2.66. The summed E-state index contributed by atoms with van der Waals surface area (Å²) in [6, 6.07) is -0.217. The van der Waals surface area contributed by atoms with Crippen molar-refractivity contribution in [1.82, 2.24) is 4.90 Å². The van der Waals surface area contributed by atoms with E-state index in [-0.39, 0.29) is 35.8 Å². The van der Waals surface area contributed by atoms with Gasteiger partial charge in [-0.3, -0.25) is 4.79 Å². The van der Waals surface area contributed by atoms with E-state index in [0.29, 0.717) is 19.6 Å². The number of alkyl halides is 1. The number of ether oxygens (including phenoxy) is 1. The van der Waals surface area contributed by atoms with Crippen molar-refractivity contribution in [2.24, 2.45) is 0 Å². The number of halogens is 1. The second kappa shape index (κ2) is 6.56. The molecule has 1 fully saturated rings. The van der Waals surface area contributed by atoms with E-state index in [9.17, 15) is 13.2 Å². The van der Waals surface area contributed by atoms with Crippen LogP contribution in [0.5, 0.6) is 0 Å². The van der Waals surface area contributed by atoms with E-state index >= 15 is 0 Å². The average molecular weight is 284 g/mol. The molecule has 0 aromatic rings. The van der Waals surface area contributed by atoms with E-state index in [1.54, 1.807) is 12.0 Å². The zero-order valence-electron chi connectivity index (χ0n) is 9.89. The van der Waals surface area contributed by atoms with E-state index < -0.39 is 9.84 Å². The molecule has 1 saturated heterocycles. The summed E-state index contributed by atoms with van der Waals surface area (Å²) in [5.74, 6) is 0.376. The first-order valence-corrected chi connectivity index (χ1v) is 7.90. The molecule has 1 aliphatic heterocycles. The Hall–Kier alpha value is -0.330. The third kappa shape index (κ3) is 4.44. The minimum absolute atomic E-state index is 0.0603. The Morgan fingerprint density at radius 1 is 1.53 bits per heavy atom. The van der Waals surface area contributed by atoms with Crippen molar-refractivity contribution in [1.29, 1.82) is 0 Å². The topological polar surface area (TPSA) is 63.7 Å². The van der Waals surface area contributed by atoms with Crippen molar-refractivity contribution < 1.29 is 17.9 Å². The fraction of sp³-hybridized carbons (Fsp3) is 0.900. The zero-order valence-corrected chi connectivity index (χ0v) is 11.5. The van der Waals surface area contributed by atoms with Crippen molar-refractivity contribution in [2.75, 3.05) is 37.6 Å². The normalized spacial score (nSPS) is 22.6. The molecule has 100 valence electrons. The Morgan fingerprint density at radius 2 is 2.24 bits per heavy atom. The number of sulfone groups is 1. The molecule has 1 heterocycles. The molecule has 1 amide bonds. The summed E-state index contributed by atoms with van der Waals surface area (Å²) in [6.07, 6.45) is 0.752. The van der Waals surface area contributed by atoms with Gasteiger partial charge in [0.25, 0.3) is 0 Å². The molecule has 0 bridgehead atoms. The van der Waals surface area contributed by atoms with Crippen LogP contribution in [-0.4, -0.2) is 62.9 Å². The molecule has 1 aliphatic rings. The van der Waals surface area contributed by atoms with Crippen LogP contribution in [0, 0.1) is 0 Å². The fourth-order valence-corrected chi connectivity index (χ4v) is 3.84. The van der Waals surface area contributed by atoms with Crippen LogP contribution in [-0.2, 0) is 19.4 Å². The fourth-order valence-electron chi connectivity index (χ4n) is 1.95. The number of carbonyl (C=O) groups is 1. The first-order chi connectivity index (χ1) is 8.00. The number of hydrogen-bond acceptors (Lipinski definition) is 4. The predicted octanol–water partition coefficient (Wildman–Crippen LogP) is 0.277. The highest BCUT2D eigenvalue weighted by Crippen LogP contribution is 2.18. The average Bonchev–Trinajstić information content (AvgIpc) is 2.60. The minimum Gasteiger partial charge on any atom is -0.383 e. The molecule has 0 radical (unpaired) electrons. The van der Waals surface area contributed by atoms with Gasteiger partial charge in [0.15, 0.2) is 9.84 Å². The van der Waals surface area contributed by atoms with E-state index in [1.807, 2.05) is 0 Å². The molecule has 0 aromatic heterocycles. The van der Waals surface area contributed by atoms with Crippen LogP contribution in [0.4, 0.5) is 0 Å². The molecule has 0 aromatic carbocycles. The molecular formula is C10H18ClNO4S. The second-order valence-corrected chi connectivity index (χ2v) is 6.68. The van der Waals surface area contributed by atoms with E-state index in [0.717, 1.165) is 0 Å². The predicted molar refractivity (Wildman–Crippen MR) is 66.0 cm³/mol. The van der Waals surface area contributed by atoms with Crippen molar-refractivity contribution >= 4 is 27.3 Å². The van der Waals surface area contributed by atoms with Gasteiger partial charge in [0.2, 0.25) is 5.91 Å². The van der Waals surface area contributed by atoms with Crippen LogP contribution in [0.3, 0.4) is 0 Å². The zero-order chi connectivity index (χ0) is 12.9. The van der Waals surface area contributed by atoms with E-state index in [4.69, 9.17) is 16.3 Å². The lowest BCUT2D eigenvalue weighted by Crippen LogP contribution is -2.43. The summed E-state index contributed by atoms with van der Waals surface area (Å²) in [5, 5.41) is 0. The highest BCUT2D eigenvalue weighted by atomic mass is 35.5. The minimum atomic E-state index is -2.98. The quantitative estimate of drug-likeness (QED) is 0.657. The SMILES string of the molecule is COCCN(C(=O)CCCl)C1CCS(=O)(=O)C1. The molecule has 0 spiro atoms. The second-order valence-electron chi connectivity index (χ2n) is 4.08. The standard InChI is InChI=1S/C10H18ClNO4S/c1-16-6-5-12(10(13)2-4-11)9-3-7-17(14,15)8-9/h9H,2-8H2,1H3. The van der Waals surface area contributed by atoms with Gasteiger partial charge in [0, 0.05) is 32.0 Å². The van der Waals surface area contributed by atoms with Crippen molar-refractivity contribution in [3.63, 3.8) is 0 Å². The van der Waals surface area contributed by atoms with Gasteiger partial charge >= 0.3 is 0 Å². The maximum atomic E-state index is 11.8. The number of rotatable bonds is 6. The van der Waals surface area contributed by atoms with Crippen LogP contribution in [0.1, 0.15) is 12.8 Å². The Kier molecular flexibility index (Phi) is 5.69. The van der Waals surface area contributed by atoms with Crippen LogP contribution < -0.4 is 0 Å². The lowest BCUT2D eigenvalue weighted by Gasteiger charge is -2.27. The van der Waals surface area contributed by atoms with Crippen LogP contribution in [0.25, 0.3) is 0 Å². The number of amides is 1. The van der Waals surface area contributed by atoms with Gasteiger partial charge in [-0.25, -0.2) is 8.42 Å². The molecule has 0 aliphatic carbocycles. The summed E-state index contributed by atoms with van der Waals surface area (Å²) in [4.78, 5) is 13.4. The summed E-state index contributed by atoms with van der Waals surface area (Å²) in [5.41, 5.74) is 0. The van der Waals surface area contributed by atoms with Gasteiger partial charge < -0.3 is 9.64 Å². The summed E-state index contributed by atoms with van der Waals surface area (Å²) >= 11 is 5.54. The Bertz CT molecular complexity index is 357. The van der Waals surface area contributed by atoms with Gasteiger partial charge in [-0.1, -0.05) is 0 Å². The first kappa shape index (κ1) is 14.7. The Labute approximate surface area is 107 Å². The molecule has 5 nitrogen and oxygen atoms in total. The number of methoxy groups -OCH3 is 1. The van der Waals surface area contributed by atoms with Gasteiger partial charge in [-0.15, -0.1) is 11.6 Å².